The van der Waals surface area contributed by atoms with Crippen LogP contribution in [0.15, 0.2) is 62.0 Å². The van der Waals surface area contributed by atoms with Gasteiger partial charge < -0.3 is 9.73 Å². The molecule has 0 saturated carbocycles. The van der Waals surface area contributed by atoms with Crippen molar-refractivity contribution in [2.75, 3.05) is 11.9 Å². The highest BCUT2D eigenvalue weighted by Crippen LogP contribution is 2.33. The Bertz CT molecular complexity index is 1180. The summed E-state index contributed by atoms with van der Waals surface area (Å²) in [7, 11) is 0. The molecule has 28 heavy (non-hydrogen) atoms. The first-order valence-corrected chi connectivity index (χ1v) is 10.2. The van der Waals surface area contributed by atoms with E-state index in [-0.39, 0.29) is 18.4 Å². The lowest BCUT2D eigenvalue weighted by atomic mass is 10.2. The summed E-state index contributed by atoms with van der Waals surface area (Å²) in [5.74, 6) is -0.649. The molecule has 1 aromatic carbocycles. The number of nitrogens with zero attached hydrogens (tertiary/aromatic N) is 1. The van der Waals surface area contributed by atoms with Crippen LogP contribution in [0.5, 0.6) is 0 Å². The van der Waals surface area contributed by atoms with Gasteiger partial charge in [0, 0.05) is 22.0 Å². The summed E-state index contributed by atoms with van der Waals surface area (Å²) in [6.45, 7) is -0.172. The summed E-state index contributed by atoms with van der Waals surface area (Å²) in [6.07, 6.45) is 1.78. The number of benzene rings is 1. The summed E-state index contributed by atoms with van der Waals surface area (Å²) in [4.78, 5) is 39.0. The van der Waals surface area contributed by atoms with Crippen molar-refractivity contribution in [1.29, 1.82) is 0 Å². The van der Waals surface area contributed by atoms with Crippen molar-refractivity contribution in [1.82, 2.24) is 4.90 Å². The van der Waals surface area contributed by atoms with E-state index in [4.69, 9.17) is 16.6 Å². The number of amides is 2. The Balaban J connectivity index is 1.46. The molecular formula is C19H12N2O4S3. The van der Waals surface area contributed by atoms with Gasteiger partial charge in [0.25, 0.3) is 5.91 Å². The first-order chi connectivity index (χ1) is 13.5. The molecule has 6 nitrogen and oxygen atoms in total. The van der Waals surface area contributed by atoms with Gasteiger partial charge in [-0.15, -0.1) is 11.3 Å². The van der Waals surface area contributed by atoms with Crippen LogP contribution in [0.1, 0.15) is 4.88 Å². The maximum Gasteiger partial charge on any atom is 0.336 e. The van der Waals surface area contributed by atoms with Gasteiger partial charge in [-0.3, -0.25) is 14.5 Å². The Labute approximate surface area is 172 Å². The molecule has 0 radical (unpaired) electrons. The number of rotatable bonds is 4. The average Bonchev–Trinajstić information content (AvgIpc) is 3.26. The third-order valence-corrected chi connectivity index (χ3v) is 6.09. The highest BCUT2D eigenvalue weighted by molar-refractivity contribution is 8.26. The first kappa shape index (κ1) is 18.6. The van der Waals surface area contributed by atoms with E-state index in [1.807, 2.05) is 17.5 Å². The van der Waals surface area contributed by atoms with Crippen molar-refractivity contribution in [2.45, 2.75) is 0 Å². The van der Waals surface area contributed by atoms with Crippen molar-refractivity contribution in [3.63, 3.8) is 0 Å². The monoisotopic (exact) mass is 428 g/mol. The summed E-state index contributed by atoms with van der Waals surface area (Å²) >= 11 is 7.96. The number of anilines is 1. The van der Waals surface area contributed by atoms with Crippen LogP contribution in [0, 0.1) is 0 Å². The standard InChI is InChI=1S/C19H12N2O4S3/c22-16(20-12-4-5-14-11(8-12)3-6-17(23)25-14)10-21-18(24)15(28-19(21)26)9-13-2-1-7-27-13/h1-9H,10H2,(H,20,22)/b15-9+. The quantitative estimate of drug-likeness (QED) is 0.388. The molecule has 1 aliphatic rings. The smallest absolute Gasteiger partial charge is 0.336 e. The molecular weight excluding hydrogens is 416 g/mol. The maximum atomic E-state index is 12.6. The fourth-order valence-electron chi connectivity index (χ4n) is 2.63. The highest BCUT2D eigenvalue weighted by atomic mass is 32.2. The normalized spacial score (nSPS) is 15.6. The molecule has 0 unspecified atom stereocenters. The third kappa shape index (κ3) is 3.91. The van der Waals surface area contributed by atoms with Crippen molar-refractivity contribution in [3.8, 4) is 0 Å². The van der Waals surface area contributed by atoms with Gasteiger partial charge in [0.2, 0.25) is 5.91 Å². The number of fused-ring (bicyclic) bond motifs is 1. The van der Waals surface area contributed by atoms with E-state index in [1.54, 1.807) is 30.3 Å². The predicted molar refractivity (Wildman–Crippen MR) is 115 cm³/mol. The summed E-state index contributed by atoms with van der Waals surface area (Å²) in [5, 5.41) is 5.35. The zero-order chi connectivity index (χ0) is 19.7. The minimum Gasteiger partial charge on any atom is -0.423 e. The van der Waals surface area contributed by atoms with Crippen LogP contribution in [0.3, 0.4) is 0 Å². The molecule has 0 bridgehead atoms. The number of hydrogen-bond donors (Lipinski definition) is 1. The van der Waals surface area contributed by atoms with Gasteiger partial charge in [0.1, 0.15) is 16.4 Å². The maximum absolute atomic E-state index is 12.6. The Morgan fingerprint density at radius 3 is 2.86 bits per heavy atom. The number of carbonyl (C=O) groups excluding carboxylic acids is 2. The lowest BCUT2D eigenvalue weighted by Crippen LogP contribution is -2.36. The van der Waals surface area contributed by atoms with Crippen LogP contribution >= 0.6 is 35.3 Å². The number of thiocarbonyl (C=S) groups is 1. The Morgan fingerprint density at radius 2 is 2.07 bits per heavy atom. The fraction of sp³-hybridized carbons (Fsp3) is 0.0526. The molecule has 2 amide bonds. The Morgan fingerprint density at radius 1 is 1.21 bits per heavy atom. The van der Waals surface area contributed by atoms with Gasteiger partial charge >= 0.3 is 5.63 Å². The molecule has 1 saturated heterocycles. The van der Waals surface area contributed by atoms with E-state index in [0.29, 0.717) is 25.9 Å². The summed E-state index contributed by atoms with van der Waals surface area (Å²) < 4.78 is 5.42. The van der Waals surface area contributed by atoms with Crippen LogP contribution in [0.25, 0.3) is 17.0 Å². The minimum absolute atomic E-state index is 0.172. The molecule has 0 atom stereocenters. The molecule has 1 fully saturated rings. The largest absolute Gasteiger partial charge is 0.423 e. The van der Waals surface area contributed by atoms with Gasteiger partial charge in [-0.1, -0.05) is 30.0 Å². The second-order valence-corrected chi connectivity index (χ2v) is 8.49. The third-order valence-electron chi connectivity index (χ3n) is 3.89. The predicted octanol–water partition coefficient (Wildman–Crippen LogP) is 3.69. The number of nitrogens with one attached hydrogen (secondary N) is 1. The van der Waals surface area contributed by atoms with Crippen LogP contribution in [-0.2, 0) is 9.59 Å². The first-order valence-electron chi connectivity index (χ1n) is 8.12. The molecule has 140 valence electrons. The second-order valence-electron chi connectivity index (χ2n) is 5.84. The van der Waals surface area contributed by atoms with Gasteiger partial charge in [-0.2, -0.15) is 0 Å². The van der Waals surface area contributed by atoms with Gasteiger partial charge in [-0.25, -0.2) is 4.79 Å². The topological polar surface area (TPSA) is 79.6 Å². The minimum atomic E-state index is -0.436. The van der Waals surface area contributed by atoms with E-state index in [1.165, 1.54) is 34.1 Å². The lowest BCUT2D eigenvalue weighted by molar-refractivity contribution is -0.126. The van der Waals surface area contributed by atoms with E-state index in [0.717, 1.165) is 4.88 Å². The fourth-order valence-corrected chi connectivity index (χ4v) is 4.61. The van der Waals surface area contributed by atoms with E-state index in [2.05, 4.69) is 5.32 Å². The molecule has 0 aliphatic carbocycles. The summed E-state index contributed by atoms with van der Waals surface area (Å²) in [6, 6.07) is 11.7. The zero-order valence-electron chi connectivity index (χ0n) is 14.2. The molecule has 9 heteroatoms. The molecule has 3 aromatic rings. The summed E-state index contributed by atoms with van der Waals surface area (Å²) in [5.41, 5.74) is 0.529. The van der Waals surface area contributed by atoms with E-state index in [9.17, 15) is 14.4 Å². The second kappa shape index (κ2) is 7.70. The van der Waals surface area contributed by atoms with E-state index >= 15 is 0 Å². The van der Waals surface area contributed by atoms with Crippen LogP contribution in [-0.4, -0.2) is 27.6 Å². The van der Waals surface area contributed by atoms with Crippen LogP contribution in [0.2, 0.25) is 0 Å². The van der Waals surface area contributed by atoms with Crippen molar-refractivity contribution in [2.24, 2.45) is 0 Å². The number of carbonyl (C=O) groups is 2. The number of thiophene rings is 1. The average molecular weight is 429 g/mol. The Hall–Kier alpha value is -2.75. The van der Waals surface area contributed by atoms with Gasteiger partial charge in [0.05, 0.1) is 4.91 Å². The molecule has 0 spiro atoms. The number of thioether (sulfide) groups is 1. The molecule has 1 aliphatic heterocycles. The lowest BCUT2D eigenvalue weighted by Gasteiger charge is -2.14. The van der Waals surface area contributed by atoms with Crippen molar-refractivity contribution in [3.05, 3.63) is 68.0 Å². The molecule has 3 heterocycles. The molecule has 4 rings (SSSR count). The van der Waals surface area contributed by atoms with Crippen molar-refractivity contribution >= 4 is 74.2 Å². The van der Waals surface area contributed by atoms with Crippen molar-refractivity contribution < 1.29 is 14.0 Å². The SMILES string of the molecule is O=C(CN1C(=O)/C(=C\c2cccs2)SC1=S)Nc1ccc2oc(=O)ccc2c1. The van der Waals surface area contributed by atoms with Gasteiger partial charge in [0.15, 0.2) is 0 Å². The highest BCUT2D eigenvalue weighted by Gasteiger charge is 2.33. The Kier molecular flexibility index (Phi) is 5.12. The van der Waals surface area contributed by atoms with Gasteiger partial charge in [-0.05, 0) is 41.8 Å². The zero-order valence-corrected chi connectivity index (χ0v) is 16.7. The molecule has 1 N–H and O–H groups in total. The van der Waals surface area contributed by atoms with Crippen LogP contribution in [0.4, 0.5) is 5.69 Å². The number of hydrogen-bond acceptors (Lipinski definition) is 7. The molecule has 2 aromatic heterocycles. The van der Waals surface area contributed by atoms with E-state index < -0.39 is 5.63 Å². The van der Waals surface area contributed by atoms with Crippen LogP contribution < -0.4 is 10.9 Å².